The molecule has 20 heteroatoms. The van der Waals surface area contributed by atoms with Gasteiger partial charge in [0.2, 0.25) is 0 Å². The van der Waals surface area contributed by atoms with Gasteiger partial charge < -0.3 is 0 Å². The summed E-state index contributed by atoms with van der Waals surface area (Å²) in [5, 5.41) is 0. The first kappa shape index (κ1) is 29.2. The van der Waals surface area contributed by atoms with Gasteiger partial charge in [-0.2, -0.15) is 74.6 Å². The minimum absolute atomic E-state index is 1.01. The molecule has 0 bridgehead atoms. The van der Waals surface area contributed by atoms with Gasteiger partial charge in [-0.05, 0) is 22.6 Å². The van der Waals surface area contributed by atoms with Crippen LogP contribution >= 0.6 is 45.2 Å². The molecular weight excluding hydrogens is 704 g/mol. The second-order valence-corrected chi connectivity index (χ2v) is 7.86. The van der Waals surface area contributed by atoms with Crippen molar-refractivity contribution in [3.63, 3.8) is 0 Å². The zero-order valence-corrected chi connectivity index (χ0v) is 16.4. The predicted molar refractivity (Wildman–Crippen MR) is 72.6 cm³/mol. The van der Waals surface area contributed by atoms with Crippen LogP contribution in [-0.4, -0.2) is 49.3 Å². The van der Waals surface area contributed by atoms with Gasteiger partial charge >= 0.3 is 49.3 Å². The summed E-state index contributed by atoms with van der Waals surface area (Å²) < 4.78 is 219. The van der Waals surface area contributed by atoms with Crippen molar-refractivity contribution in [3.05, 3.63) is 0 Å². The molecular formula is C9F18I2. The van der Waals surface area contributed by atoms with Crippen LogP contribution < -0.4 is 0 Å². The summed E-state index contributed by atoms with van der Waals surface area (Å²) in [7, 11) is 0. The highest BCUT2D eigenvalue weighted by Gasteiger charge is 2.95. The van der Waals surface area contributed by atoms with Gasteiger partial charge in [0.15, 0.2) is 0 Å². The van der Waals surface area contributed by atoms with E-state index in [-0.39, 0.29) is 0 Å². The van der Waals surface area contributed by atoms with Gasteiger partial charge in [-0.15, -0.1) is 0 Å². The van der Waals surface area contributed by atoms with Gasteiger partial charge in [0.05, 0.1) is 0 Å². The molecule has 0 fully saturated rings. The van der Waals surface area contributed by atoms with Gasteiger partial charge in [-0.25, -0.2) is 4.39 Å². The SMILES string of the molecule is FC(F)(F)C(F)(I)C(F)(F)C(F)(F)C(F)(F)C(F)(F)C(F)(F)C(F)(F)C(F)(F)I. The average Bonchev–Trinajstić information content (AvgIpc) is 2.43. The number of rotatable bonds is 7. The van der Waals surface area contributed by atoms with E-state index in [1.165, 1.54) is 0 Å². The third-order valence-corrected chi connectivity index (χ3v) is 5.04. The molecule has 0 saturated carbocycles. The monoisotopic (exact) mass is 704 g/mol. The van der Waals surface area contributed by atoms with E-state index in [1.807, 2.05) is 0 Å². The highest BCUT2D eigenvalue weighted by molar-refractivity contribution is 14.1. The average molecular weight is 704 g/mol. The molecule has 0 heterocycles. The number of hydrogen-bond donors (Lipinski definition) is 0. The maximum atomic E-state index is 13.2. The Kier molecular flexibility index (Phi) is 7.15. The molecule has 0 rings (SSSR count). The Balaban J connectivity index is 6.82. The lowest BCUT2D eigenvalue weighted by Crippen LogP contribution is -2.75. The summed E-state index contributed by atoms with van der Waals surface area (Å²) in [5.41, 5.74) is 0. The van der Waals surface area contributed by atoms with E-state index in [9.17, 15) is 79.0 Å². The van der Waals surface area contributed by atoms with Crippen LogP contribution in [0.1, 0.15) is 0 Å². The van der Waals surface area contributed by atoms with Crippen LogP contribution in [0.15, 0.2) is 0 Å². The molecule has 176 valence electrons. The van der Waals surface area contributed by atoms with Gasteiger partial charge in [-0.1, -0.05) is 0 Å². The molecule has 0 nitrogen and oxygen atoms in total. The third kappa shape index (κ3) is 3.71. The third-order valence-electron chi connectivity index (χ3n) is 3.08. The van der Waals surface area contributed by atoms with Crippen molar-refractivity contribution in [1.82, 2.24) is 0 Å². The fourth-order valence-electron chi connectivity index (χ4n) is 1.34. The molecule has 1 atom stereocenters. The van der Waals surface area contributed by atoms with E-state index in [4.69, 9.17) is 0 Å². The lowest BCUT2D eigenvalue weighted by atomic mass is 9.89. The fourth-order valence-corrected chi connectivity index (χ4v) is 2.02. The van der Waals surface area contributed by atoms with Gasteiger partial charge in [0.25, 0.3) is 0 Å². The Morgan fingerprint density at radius 2 is 0.517 bits per heavy atom. The highest BCUT2D eigenvalue weighted by atomic mass is 127. The zero-order valence-electron chi connectivity index (χ0n) is 12.1. The van der Waals surface area contributed by atoms with Crippen LogP contribution in [0.5, 0.6) is 0 Å². The standard InChI is InChI=1S/C9F18I2/c10-1(11,2(12,13)4(16,17)6(20,21)9(26,27)29)3(14,15)5(18,19)7(22,28)8(23,24)25. The quantitative estimate of drug-likeness (QED) is 0.147. The summed E-state index contributed by atoms with van der Waals surface area (Å²) in [6, 6.07) is 0. The van der Waals surface area contributed by atoms with E-state index in [2.05, 4.69) is 0 Å². The molecule has 0 N–H and O–H groups in total. The van der Waals surface area contributed by atoms with Crippen molar-refractivity contribution in [2.24, 2.45) is 0 Å². The van der Waals surface area contributed by atoms with Crippen molar-refractivity contribution >= 4 is 45.2 Å². The van der Waals surface area contributed by atoms with Gasteiger partial charge in [0, 0.05) is 22.6 Å². The largest absolute Gasteiger partial charge is 0.438 e. The van der Waals surface area contributed by atoms with E-state index in [0.29, 0.717) is 0 Å². The highest BCUT2D eigenvalue weighted by Crippen LogP contribution is 2.66. The van der Waals surface area contributed by atoms with E-state index in [1.54, 1.807) is 0 Å². The maximum absolute atomic E-state index is 13.2. The van der Waals surface area contributed by atoms with Crippen molar-refractivity contribution in [2.45, 2.75) is 49.3 Å². The zero-order chi connectivity index (χ0) is 24.5. The van der Waals surface area contributed by atoms with Crippen LogP contribution in [-0.2, 0) is 0 Å². The minimum atomic E-state index is -8.62. The minimum Gasteiger partial charge on any atom is -0.215 e. The molecule has 0 spiro atoms. The molecule has 0 saturated heterocycles. The van der Waals surface area contributed by atoms with Crippen LogP contribution in [0.4, 0.5) is 79.0 Å². The van der Waals surface area contributed by atoms with Gasteiger partial charge in [-0.3, -0.25) is 0 Å². The Hall–Kier alpha value is 0.200. The lowest BCUT2D eigenvalue weighted by Gasteiger charge is -2.43. The summed E-state index contributed by atoms with van der Waals surface area (Å²) >= 11 is -2.30. The molecule has 0 aliphatic carbocycles. The summed E-state index contributed by atoms with van der Waals surface area (Å²) in [4.78, 5) is 0. The van der Waals surface area contributed by atoms with E-state index >= 15 is 0 Å². The first-order valence-electron chi connectivity index (χ1n) is 5.78. The predicted octanol–water partition coefficient (Wildman–Crippen LogP) is 7.49. The smallest absolute Gasteiger partial charge is 0.215 e. The van der Waals surface area contributed by atoms with E-state index < -0.39 is 94.5 Å². The fraction of sp³-hybridized carbons (Fsp3) is 1.00. The molecule has 0 aromatic heterocycles. The number of hydrogen-bond acceptors (Lipinski definition) is 0. The number of alkyl halides is 20. The van der Waals surface area contributed by atoms with Crippen LogP contribution in [0.25, 0.3) is 0 Å². The topological polar surface area (TPSA) is 0 Å². The molecule has 0 aromatic carbocycles. The molecule has 0 aromatic rings. The van der Waals surface area contributed by atoms with Gasteiger partial charge in [0.1, 0.15) is 0 Å². The molecule has 1 unspecified atom stereocenters. The number of halogens is 20. The lowest BCUT2D eigenvalue weighted by molar-refractivity contribution is -0.444. The van der Waals surface area contributed by atoms with Crippen molar-refractivity contribution in [3.8, 4) is 0 Å². The van der Waals surface area contributed by atoms with Crippen LogP contribution in [0.3, 0.4) is 0 Å². The van der Waals surface area contributed by atoms with Crippen molar-refractivity contribution < 1.29 is 79.0 Å². The van der Waals surface area contributed by atoms with Crippen molar-refractivity contribution in [2.75, 3.05) is 0 Å². The van der Waals surface area contributed by atoms with Crippen molar-refractivity contribution in [1.29, 1.82) is 0 Å². The molecule has 0 amide bonds. The Labute approximate surface area is 173 Å². The van der Waals surface area contributed by atoms with Crippen LogP contribution in [0.2, 0.25) is 0 Å². The first-order valence-corrected chi connectivity index (χ1v) is 7.94. The molecule has 29 heavy (non-hydrogen) atoms. The summed E-state index contributed by atoms with van der Waals surface area (Å²) in [5.74, 6) is -49.5. The first-order chi connectivity index (χ1) is 12.0. The second-order valence-electron chi connectivity index (χ2n) is 5.02. The molecule has 0 radical (unpaired) electrons. The second kappa shape index (κ2) is 7.10. The summed E-state index contributed by atoms with van der Waals surface area (Å²) in [6.45, 7) is 0. The van der Waals surface area contributed by atoms with Crippen LogP contribution in [0, 0.1) is 0 Å². The van der Waals surface area contributed by atoms with E-state index in [0.717, 1.165) is 0 Å². The summed E-state index contributed by atoms with van der Waals surface area (Å²) in [6.07, 6.45) is -7.21. The Bertz CT molecular complexity index is 558. The molecule has 0 aliphatic heterocycles. The molecule has 0 aliphatic rings. The maximum Gasteiger partial charge on any atom is 0.438 e. The Morgan fingerprint density at radius 3 is 0.724 bits per heavy atom. The Morgan fingerprint density at radius 1 is 0.310 bits per heavy atom. The normalized spacial score (nSPS) is 18.6.